The Morgan fingerprint density at radius 3 is 2.68 bits per heavy atom. The number of hydrogen-bond donors (Lipinski definition) is 0. The van der Waals surface area contributed by atoms with Crippen LogP contribution in [0.3, 0.4) is 0 Å². The minimum atomic E-state index is -3.92. The predicted molar refractivity (Wildman–Crippen MR) is 85.5 cm³/mol. The third kappa shape index (κ3) is 2.28. The van der Waals surface area contributed by atoms with Crippen LogP contribution in [0.4, 0.5) is 0 Å². The standard InChI is InChI=1S/C14H12BrN3O3S/c1-9-7-13(21-2)14(8-10(9)15)22(19,20)18-12-6-4-3-5-11(12)16-17-18/h3-8H,1-2H3. The highest BCUT2D eigenvalue weighted by Crippen LogP contribution is 2.32. The average Bonchev–Trinajstić information content (AvgIpc) is 2.94. The molecule has 0 aliphatic carbocycles. The van der Waals surface area contributed by atoms with Crippen LogP contribution in [0.2, 0.25) is 0 Å². The van der Waals surface area contributed by atoms with E-state index in [9.17, 15) is 8.42 Å². The van der Waals surface area contributed by atoms with Gasteiger partial charge >= 0.3 is 0 Å². The van der Waals surface area contributed by atoms with E-state index in [0.29, 0.717) is 15.5 Å². The number of halogens is 1. The first-order valence-corrected chi connectivity index (χ1v) is 8.58. The molecule has 0 unspecified atom stereocenters. The maximum Gasteiger partial charge on any atom is 0.288 e. The lowest BCUT2D eigenvalue weighted by molar-refractivity contribution is 0.401. The van der Waals surface area contributed by atoms with Gasteiger partial charge in [0.05, 0.1) is 7.11 Å². The van der Waals surface area contributed by atoms with E-state index in [1.165, 1.54) is 13.2 Å². The van der Waals surface area contributed by atoms with Crippen LogP contribution in [-0.2, 0) is 10.0 Å². The van der Waals surface area contributed by atoms with Crippen molar-refractivity contribution in [3.8, 4) is 5.75 Å². The number of aryl methyl sites for hydroxylation is 1. The lowest BCUT2D eigenvalue weighted by atomic mass is 10.2. The molecule has 2 aromatic carbocycles. The summed E-state index contributed by atoms with van der Waals surface area (Å²) >= 11 is 3.35. The van der Waals surface area contributed by atoms with E-state index in [4.69, 9.17) is 4.74 Å². The third-order valence-corrected chi connectivity index (χ3v) is 5.73. The lowest BCUT2D eigenvalue weighted by Crippen LogP contribution is -2.16. The summed E-state index contributed by atoms with van der Waals surface area (Å²) in [6.45, 7) is 1.86. The Labute approximate surface area is 135 Å². The molecule has 8 heteroatoms. The number of hydrogen-bond acceptors (Lipinski definition) is 5. The number of rotatable bonds is 3. The molecule has 0 fully saturated rings. The van der Waals surface area contributed by atoms with Crippen molar-refractivity contribution < 1.29 is 13.2 Å². The van der Waals surface area contributed by atoms with E-state index in [0.717, 1.165) is 9.65 Å². The van der Waals surface area contributed by atoms with Gasteiger partial charge in [0.15, 0.2) is 0 Å². The van der Waals surface area contributed by atoms with Gasteiger partial charge in [-0.05, 0) is 36.8 Å². The molecule has 3 aromatic rings. The molecule has 0 saturated carbocycles. The molecule has 0 bridgehead atoms. The summed E-state index contributed by atoms with van der Waals surface area (Å²) in [6, 6.07) is 10.0. The first kappa shape index (κ1) is 15.0. The van der Waals surface area contributed by atoms with Crippen molar-refractivity contribution in [2.45, 2.75) is 11.8 Å². The average molecular weight is 382 g/mol. The Morgan fingerprint density at radius 1 is 1.23 bits per heavy atom. The predicted octanol–water partition coefficient (Wildman–Crippen LogP) is 2.75. The minimum absolute atomic E-state index is 0.0307. The van der Waals surface area contributed by atoms with Crippen LogP contribution in [0.25, 0.3) is 11.0 Å². The summed E-state index contributed by atoms with van der Waals surface area (Å²) in [5.74, 6) is 0.264. The van der Waals surface area contributed by atoms with Crippen molar-refractivity contribution in [1.82, 2.24) is 14.4 Å². The molecule has 22 heavy (non-hydrogen) atoms. The van der Waals surface area contributed by atoms with Gasteiger partial charge < -0.3 is 4.74 Å². The summed E-state index contributed by atoms with van der Waals surface area (Å²) in [4.78, 5) is 0.0307. The fourth-order valence-electron chi connectivity index (χ4n) is 2.12. The summed E-state index contributed by atoms with van der Waals surface area (Å²) in [5.41, 5.74) is 1.80. The Hall–Kier alpha value is -1.93. The third-order valence-electron chi connectivity index (χ3n) is 3.27. The molecule has 0 radical (unpaired) electrons. The topological polar surface area (TPSA) is 74.1 Å². The lowest BCUT2D eigenvalue weighted by Gasteiger charge is -2.11. The Balaban J connectivity index is 2.29. The fourth-order valence-corrected chi connectivity index (χ4v) is 4.01. The van der Waals surface area contributed by atoms with Gasteiger partial charge in [-0.3, -0.25) is 0 Å². The maximum absolute atomic E-state index is 12.9. The number of aromatic nitrogens is 3. The van der Waals surface area contributed by atoms with E-state index >= 15 is 0 Å². The van der Waals surface area contributed by atoms with E-state index in [1.807, 2.05) is 6.92 Å². The Kier molecular flexibility index (Phi) is 3.65. The van der Waals surface area contributed by atoms with Crippen molar-refractivity contribution >= 4 is 37.0 Å². The molecule has 0 aliphatic rings. The maximum atomic E-state index is 12.9. The highest BCUT2D eigenvalue weighted by Gasteiger charge is 2.26. The second-order valence-electron chi connectivity index (χ2n) is 4.68. The first-order valence-electron chi connectivity index (χ1n) is 6.35. The first-order chi connectivity index (χ1) is 10.4. The van der Waals surface area contributed by atoms with Gasteiger partial charge in [0.25, 0.3) is 10.0 Å². The van der Waals surface area contributed by atoms with Crippen molar-refractivity contribution in [2.75, 3.05) is 7.11 Å². The molecular weight excluding hydrogens is 370 g/mol. The van der Waals surface area contributed by atoms with E-state index in [1.54, 1.807) is 30.3 Å². The highest BCUT2D eigenvalue weighted by molar-refractivity contribution is 9.10. The van der Waals surface area contributed by atoms with Gasteiger partial charge in [0, 0.05) is 4.47 Å². The summed E-state index contributed by atoms with van der Waals surface area (Å²) in [7, 11) is -2.48. The molecule has 0 saturated heterocycles. The number of para-hydroxylation sites is 1. The van der Waals surface area contributed by atoms with Gasteiger partial charge in [-0.25, -0.2) is 0 Å². The zero-order chi connectivity index (χ0) is 15.9. The molecule has 0 amide bonds. The molecule has 1 aromatic heterocycles. The summed E-state index contributed by atoms with van der Waals surface area (Å²) < 4.78 is 32.6. The van der Waals surface area contributed by atoms with E-state index in [-0.39, 0.29) is 10.6 Å². The number of ether oxygens (including phenoxy) is 1. The molecule has 1 heterocycles. The van der Waals surface area contributed by atoms with Gasteiger partial charge in [0.1, 0.15) is 21.7 Å². The zero-order valence-corrected chi connectivity index (χ0v) is 14.2. The van der Waals surface area contributed by atoms with Crippen LogP contribution >= 0.6 is 15.9 Å². The monoisotopic (exact) mass is 381 g/mol. The quantitative estimate of drug-likeness (QED) is 0.697. The highest BCUT2D eigenvalue weighted by atomic mass is 79.9. The Bertz CT molecular complexity index is 967. The van der Waals surface area contributed by atoms with Crippen molar-refractivity contribution in [1.29, 1.82) is 0 Å². The second-order valence-corrected chi connectivity index (χ2v) is 7.27. The van der Waals surface area contributed by atoms with Gasteiger partial charge in [-0.15, -0.1) is 9.19 Å². The fraction of sp³-hybridized carbons (Fsp3) is 0.143. The second kappa shape index (κ2) is 5.36. The van der Waals surface area contributed by atoms with Crippen LogP contribution < -0.4 is 4.74 Å². The van der Waals surface area contributed by atoms with Crippen LogP contribution in [0.5, 0.6) is 5.75 Å². The molecule has 0 aliphatic heterocycles. The molecule has 3 rings (SSSR count). The molecule has 6 nitrogen and oxygen atoms in total. The molecule has 0 N–H and O–H groups in total. The molecule has 114 valence electrons. The number of nitrogens with zero attached hydrogens (tertiary/aromatic N) is 3. The molecule has 0 atom stereocenters. The summed E-state index contributed by atoms with van der Waals surface area (Å²) in [5, 5.41) is 7.67. The van der Waals surface area contributed by atoms with Gasteiger partial charge in [0.2, 0.25) is 0 Å². The van der Waals surface area contributed by atoms with Crippen LogP contribution in [0, 0.1) is 6.92 Å². The number of benzene rings is 2. The minimum Gasteiger partial charge on any atom is -0.495 e. The van der Waals surface area contributed by atoms with Crippen LogP contribution in [0.15, 0.2) is 45.8 Å². The normalized spacial score (nSPS) is 11.8. The zero-order valence-electron chi connectivity index (χ0n) is 11.8. The van der Waals surface area contributed by atoms with E-state index < -0.39 is 10.0 Å². The van der Waals surface area contributed by atoms with Crippen LogP contribution in [-0.4, -0.2) is 29.9 Å². The van der Waals surface area contributed by atoms with Gasteiger partial charge in [-0.1, -0.05) is 33.3 Å². The van der Waals surface area contributed by atoms with Crippen molar-refractivity contribution in [3.05, 3.63) is 46.4 Å². The van der Waals surface area contributed by atoms with E-state index in [2.05, 4.69) is 26.2 Å². The summed E-state index contributed by atoms with van der Waals surface area (Å²) in [6.07, 6.45) is 0. The van der Waals surface area contributed by atoms with Crippen molar-refractivity contribution in [3.63, 3.8) is 0 Å². The van der Waals surface area contributed by atoms with Crippen molar-refractivity contribution in [2.24, 2.45) is 0 Å². The Morgan fingerprint density at radius 2 is 1.95 bits per heavy atom. The molecular formula is C14H12BrN3O3S. The smallest absolute Gasteiger partial charge is 0.288 e. The number of fused-ring (bicyclic) bond motifs is 1. The number of methoxy groups -OCH3 is 1. The SMILES string of the molecule is COc1cc(C)c(Br)cc1S(=O)(=O)n1nnc2ccccc21. The van der Waals surface area contributed by atoms with Crippen LogP contribution in [0.1, 0.15) is 5.56 Å². The van der Waals surface area contributed by atoms with Gasteiger partial charge in [-0.2, -0.15) is 8.42 Å². The largest absolute Gasteiger partial charge is 0.495 e. The molecule has 0 spiro atoms.